The van der Waals surface area contributed by atoms with Crippen LogP contribution in [0.1, 0.15) is 11.1 Å². The minimum Gasteiger partial charge on any atom is -0.310 e. The number of hydrogen-bond acceptors (Lipinski definition) is 2. The van der Waals surface area contributed by atoms with Crippen LogP contribution in [0.2, 0.25) is 0 Å². The molecule has 11 aromatic rings. The molecular formula is C56H40N2. The molecule has 0 radical (unpaired) electrons. The van der Waals surface area contributed by atoms with Crippen molar-refractivity contribution in [3.8, 4) is 0 Å². The summed E-state index contributed by atoms with van der Waals surface area (Å²) in [5.74, 6) is 0. The lowest BCUT2D eigenvalue weighted by Crippen LogP contribution is -2.09. The van der Waals surface area contributed by atoms with Gasteiger partial charge in [-0.25, -0.2) is 0 Å². The molecular weight excluding hydrogens is 701 g/mol. The first-order valence-electron chi connectivity index (χ1n) is 20.1. The Hall–Kier alpha value is -7.42. The molecule has 0 spiro atoms. The number of hydrogen-bond donors (Lipinski definition) is 0. The molecule has 0 aliphatic rings. The second-order valence-electron chi connectivity index (χ2n) is 15.4. The Morgan fingerprint density at radius 3 is 0.897 bits per heavy atom. The molecule has 0 N–H and O–H groups in total. The molecule has 0 unspecified atom stereocenters. The van der Waals surface area contributed by atoms with Gasteiger partial charge in [0.15, 0.2) is 0 Å². The number of anilines is 6. The van der Waals surface area contributed by atoms with Crippen molar-refractivity contribution >= 4 is 98.8 Å². The third kappa shape index (κ3) is 5.41. The maximum Gasteiger partial charge on any atom is 0.0468 e. The van der Waals surface area contributed by atoms with Crippen LogP contribution in [0.3, 0.4) is 0 Å². The molecule has 0 heterocycles. The van der Waals surface area contributed by atoms with Gasteiger partial charge in [0.1, 0.15) is 0 Å². The van der Waals surface area contributed by atoms with Crippen molar-refractivity contribution in [3.63, 3.8) is 0 Å². The summed E-state index contributed by atoms with van der Waals surface area (Å²) in [5, 5.41) is 15.3. The Kier molecular flexibility index (Phi) is 7.97. The topological polar surface area (TPSA) is 6.48 Å². The van der Waals surface area contributed by atoms with Gasteiger partial charge in [0.2, 0.25) is 0 Å². The van der Waals surface area contributed by atoms with E-state index in [-0.39, 0.29) is 0 Å². The van der Waals surface area contributed by atoms with Crippen LogP contribution >= 0.6 is 0 Å². The molecule has 0 aliphatic heterocycles. The average Bonchev–Trinajstić information content (AvgIpc) is 3.28. The quantitative estimate of drug-likeness (QED) is 0.124. The van der Waals surface area contributed by atoms with Crippen molar-refractivity contribution in [2.75, 3.05) is 9.80 Å². The highest BCUT2D eigenvalue weighted by molar-refractivity contribution is 6.34. The van der Waals surface area contributed by atoms with Crippen LogP contribution in [0, 0.1) is 13.8 Å². The van der Waals surface area contributed by atoms with E-state index >= 15 is 0 Å². The second kappa shape index (κ2) is 13.7. The van der Waals surface area contributed by atoms with E-state index in [4.69, 9.17) is 0 Å². The molecule has 274 valence electrons. The van der Waals surface area contributed by atoms with E-state index in [1.807, 2.05) is 0 Å². The normalized spacial score (nSPS) is 11.6. The monoisotopic (exact) mass is 740 g/mol. The van der Waals surface area contributed by atoms with Crippen molar-refractivity contribution in [3.05, 3.63) is 217 Å². The lowest BCUT2D eigenvalue weighted by molar-refractivity contribution is 1.29. The van der Waals surface area contributed by atoms with Gasteiger partial charge in [-0.2, -0.15) is 0 Å². The standard InChI is InChI=1S/C56H40N2/c1-37-17-15-27-47-49-33-43(57(39-19-7-3-8-20-39)40-21-9-4-10-22-40)29-31-45(49)51-36-54-52(35-53(51)55(37)47)46-32-30-44(34-50(46)48-28-16-18-38(2)56(48)54)58(41-23-11-5-12-24-41)42-25-13-6-14-26-42/h3-36H,1-2H3. The van der Waals surface area contributed by atoms with Crippen molar-refractivity contribution in [1.29, 1.82) is 0 Å². The van der Waals surface area contributed by atoms with Crippen LogP contribution in [-0.2, 0) is 0 Å². The molecule has 0 aromatic heterocycles. The zero-order valence-corrected chi connectivity index (χ0v) is 32.5. The predicted molar refractivity (Wildman–Crippen MR) is 250 cm³/mol. The SMILES string of the molecule is Cc1cccc2c3cc(N(c4ccccc4)c4ccccc4)ccc3c3cc4c(cc3c12)c1ccc(N(c2ccccc2)c2ccccc2)cc1c1cccc(C)c14. The van der Waals surface area contributed by atoms with Gasteiger partial charge in [-0.15, -0.1) is 0 Å². The van der Waals surface area contributed by atoms with Crippen molar-refractivity contribution in [1.82, 2.24) is 0 Å². The van der Waals surface area contributed by atoms with Gasteiger partial charge < -0.3 is 9.80 Å². The van der Waals surface area contributed by atoms with E-state index < -0.39 is 0 Å². The lowest BCUT2D eigenvalue weighted by atomic mass is 9.86. The first-order chi connectivity index (χ1) is 28.6. The smallest absolute Gasteiger partial charge is 0.0468 e. The predicted octanol–water partition coefficient (Wildman–Crippen LogP) is 16.2. The largest absolute Gasteiger partial charge is 0.310 e. The Morgan fingerprint density at radius 1 is 0.224 bits per heavy atom. The number of para-hydroxylation sites is 4. The fourth-order valence-electron chi connectivity index (χ4n) is 9.42. The van der Waals surface area contributed by atoms with E-state index in [0.717, 1.165) is 34.1 Å². The number of nitrogens with zero attached hydrogens (tertiary/aromatic N) is 2. The van der Waals surface area contributed by atoms with Crippen LogP contribution in [-0.4, -0.2) is 0 Å². The average molecular weight is 741 g/mol. The number of fused-ring (bicyclic) bond motifs is 12. The molecule has 58 heavy (non-hydrogen) atoms. The molecule has 0 saturated carbocycles. The minimum atomic E-state index is 1.13. The fraction of sp³-hybridized carbons (Fsp3) is 0.0357. The molecule has 0 bridgehead atoms. The summed E-state index contributed by atoms with van der Waals surface area (Å²) >= 11 is 0. The summed E-state index contributed by atoms with van der Waals surface area (Å²) in [4.78, 5) is 4.72. The minimum absolute atomic E-state index is 1.13. The van der Waals surface area contributed by atoms with E-state index in [1.54, 1.807) is 0 Å². The first kappa shape index (κ1) is 33.9. The van der Waals surface area contributed by atoms with E-state index in [9.17, 15) is 0 Å². The highest BCUT2D eigenvalue weighted by Gasteiger charge is 2.20. The van der Waals surface area contributed by atoms with E-state index in [0.29, 0.717) is 0 Å². The van der Waals surface area contributed by atoms with Crippen molar-refractivity contribution < 1.29 is 0 Å². The molecule has 0 atom stereocenters. The molecule has 2 nitrogen and oxygen atoms in total. The maximum atomic E-state index is 2.49. The highest BCUT2D eigenvalue weighted by atomic mass is 15.1. The molecule has 0 fully saturated rings. The molecule has 0 amide bonds. The third-order valence-electron chi connectivity index (χ3n) is 12.0. The van der Waals surface area contributed by atoms with Crippen LogP contribution in [0.25, 0.3) is 64.6 Å². The molecule has 0 aliphatic carbocycles. The molecule has 2 heteroatoms. The Bertz CT molecular complexity index is 3030. The highest BCUT2D eigenvalue weighted by Crippen LogP contribution is 2.46. The van der Waals surface area contributed by atoms with Gasteiger partial charge in [-0.05, 0) is 175 Å². The summed E-state index contributed by atoms with van der Waals surface area (Å²) in [6, 6.07) is 75.4. The van der Waals surface area contributed by atoms with Gasteiger partial charge in [0.25, 0.3) is 0 Å². The fourth-order valence-corrected chi connectivity index (χ4v) is 9.42. The van der Waals surface area contributed by atoms with Crippen LogP contribution < -0.4 is 9.80 Å². The van der Waals surface area contributed by atoms with Crippen LogP contribution in [0.15, 0.2) is 206 Å². The van der Waals surface area contributed by atoms with Crippen LogP contribution in [0.4, 0.5) is 34.1 Å². The summed E-state index contributed by atoms with van der Waals surface area (Å²) in [5.41, 5.74) is 9.36. The van der Waals surface area contributed by atoms with Crippen LogP contribution in [0.5, 0.6) is 0 Å². The van der Waals surface area contributed by atoms with Gasteiger partial charge in [-0.3, -0.25) is 0 Å². The lowest BCUT2D eigenvalue weighted by Gasteiger charge is -2.26. The first-order valence-corrected chi connectivity index (χ1v) is 20.1. The van der Waals surface area contributed by atoms with Gasteiger partial charge in [0.05, 0.1) is 0 Å². The van der Waals surface area contributed by atoms with Gasteiger partial charge in [-0.1, -0.05) is 121 Å². The van der Waals surface area contributed by atoms with E-state index in [1.165, 1.54) is 75.8 Å². The Balaban J connectivity index is 1.21. The molecule has 11 rings (SSSR count). The van der Waals surface area contributed by atoms with Crippen molar-refractivity contribution in [2.45, 2.75) is 13.8 Å². The van der Waals surface area contributed by atoms with Crippen molar-refractivity contribution in [2.24, 2.45) is 0 Å². The van der Waals surface area contributed by atoms with Gasteiger partial charge >= 0.3 is 0 Å². The summed E-state index contributed by atoms with van der Waals surface area (Å²) in [6.45, 7) is 4.52. The molecule has 0 saturated heterocycles. The Morgan fingerprint density at radius 2 is 0.552 bits per heavy atom. The second-order valence-corrected chi connectivity index (χ2v) is 15.4. The van der Waals surface area contributed by atoms with Gasteiger partial charge in [0, 0.05) is 34.1 Å². The number of benzene rings is 11. The zero-order chi connectivity index (χ0) is 38.7. The molecule has 11 aromatic carbocycles. The van der Waals surface area contributed by atoms with E-state index in [2.05, 4.69) is 230 Å². The summed E-state index contributed by atoms with van der Waals surface area (Å²) in [6.07, 6.45) is 0. The maximum absolute atomic E-state index is 2.49. The number of rotatable bonds is 6. The summed E-state index contributed by atoms with van der Waals surface area (Å²) in [7, 11) is 0. The number of aryl methyl sites for hydroxylation is 2. The Labute approximate surface area is 338 Å². The zero-order valence-electron chi connectivity index (χ0n) is 32.5. The summed E-state index contributed by atoms with van der Waals surface area (Å²) < 4.78 is 0. The third-order valence-corrected chi connectivity index (χ3v) is 12.0.